The number of nitrogens with one attached hydrogen (secondary N) is 1. The minimum Gasteiger partial charge on any atom is -0.386 e. The predicted octanol–water partition coefficient (Wildman–Crippen LogP) is 5.28. The van der Waals surface area contributed by atoms with E-state index >= 15 is 0 Å². The van der Waals surface area contributed by atoms with E-state index in [1.165, 1.54) is 64.2 Å². The Morgan fingerprint density at radius 3 is 2.45 bits per heavy atom. The zero-order valence-electron chi connectivity index (χ0n) is 26.0. The lowest BCUT2D eigenvalue weighted by atomic mass is 9.44. The molecule has 0 unspecified atom stereocenters. The first-order valence-corrected chi connectivity index (χ1v) is 18.0. The van der Waals surface area contributed by atoms with Crippen LogP contribution < -0.4 is 5.32 Å². The van der Waals surface area contributed by atoms with Crippen molar-refractivity contribution < 1.29 is 27.4 Å². The van der Waals surface area contributed by atoms with Gasteiger partial charge in [0.2, 0.25) is 5.91 Å². The Hall–Kier alpha value is -0.700. The van der Waals surface area contributed by atoms with Gasteiger partial charge in [-0.3, -0.25) is 9.35 Å². The maximum Gasteiger partial charge on any atom is 0.267 e. The van der Waals surface area contributed by atoms with E-state index in [0.29, 0.717) is 40.7 Å². The van der Waals surface area contributed by atoms with E-state index in [0.717, 1.165) is 42.4 Å². The van der Waals surface area contributed by atoms with Crippen molar-refractivity contribution in [3.8, 4) is 0 Å². The number of fused-ring (bicyclic) bond motifs is 5. The number of quaternary nitrogens is 1. The molecule has 0 bridgehead atoms. The number of hydrogen-bond acceptors (Lipinski definition) is 4. The van der Waals surface area contributed by atoms with Crippen LogP contribution in [0.15, 0.2) is 0 Å². The summed E-state index contributed by atoms with van der Waals surface area (Å²) >= 11 is 0. The molecule has 0 spiro atoms. The molecule has 0 aromatic carbocycles. The molecule has 7 nitrogen and oxygen atoms in total. The van der Waals surface area contributed by atoms with Crippen LogP contribution in [-0.2, 0) is 14.9 Å². The summed E-state index contributed by atoms with van der Waals surface area (Å²) in [5.74, 6) is 4.50. The largest absolute Gasteiger partial charge is 0.386 e. The highest BCUT2D eigenvalue weighted by Gasteiger charge is 2.60. The standard InChI is InChI=1S/C32H58N2O5S/c1-23(10-15-30(36)33-19-8-20-34(4,5)21-25(35)22-40(37,38)39)27-13-14-28-26-12-11-24-9-6-7-17-31(24,2)29(26)16-18-32(27,28)3/h23-29,35H,6-22H2,1-5H3,(H-,33,36,37,38,39)/p+1/t23-,24+,25-,26+,27-,28+,29+,31+,32-/m1/s1. The summed E-state index contributed by atoms with van der Waals surface area (Å²) in [7, 11) is -0.357. The highest BCUT2D eigenvalue weighted by atomic mass is 32.2. The van der Waals surface area contributed by atoms with Gasteiger partial charge in [-0.25, -0.2) is 0 Å². The van der Waals surface area contributed by atoms with E-state index in [4.69, 9.17) is 4.55 Å². The molecule has 4 aliphatic rings. The number of amides is 1. The fraction of sp³-hybridized carbons (Fsp3) is 0.969. The summed E-state index contributed by atoms with van der Waals surface area (Å²) in [5.41, 5.74) is 1.04. The molecule has 0 saturated heterocycles. The normalized spacial score (nSPS) is 37.6. The van der Waals surface area contributed by atoms with Crippen molar-refractivity contribution in [1.29, 1.82) is 0 Å². The summed E-state index contributed by atoms with van der Waals surface area (Å²) in [6.45, 7) is 9.18. The van der Waals surface area contributed by atoms with Crippen LogP contribution in [0.25, 0.3) is 0 Å². The predicted molar refractivity (Wildman–Crippen MR) is 160 cm³/mol. The van der Waals surface area contributed by atoms with Gasteiger partial charge in [0.25, 0.3) is 10.1 Å². The molecule has 4 aliphatic carbocycles. The average molecular weight is 584 g/mol. The van der Waals surface area contributed by atoms with Gasteiger partial charge in [0.05, 0.1) is 20.6 Å². The van der Waals surface area contributed by atoms with E-state index < -0.39 is 22.0 Å². The Morgan fingerprint density at radius 1 is 1.00 bits per heavy atom. The third-order valence-corrected chi connectivity index (χ3v) is 13.3. The van der Waals surface area contributed by atoms with Gasteiger partial charge in [-0.2, -0.15) is 8.42 Å². The molecule has 9 atom stereocenters. The van der Waals surface area contributed by atoms with Crippen LogP contribution >= 0.6 is 0 Å². The fourth-order valence-electron chi connectivity index (χ4n) is 10.6. The fourth-order valence-corrected chi connectivity index (χ4v) is 11.2. The molecule has 4 saturated carbocycles. The zero-order valence-corrected chi connectivity index (χ0v) is 26.9. The maximum atomic E-state index is 12.7. The van der Waals surface area contributed by atoms with Gasteiger partial charge in [0, 0.05) is 19.4 Å². The van der Waals surface area contributed by atoms with Crippen molar-refractivity contribution >= 4 is 16.0 Å². The van der Waals surface area contributed by atoms with Crippen LogP contribution in [0.3, 0.4) is 0 Å². The summed E-state index contributed by atoms with van der Waals surface area (Å²) in [6.07, 6.45) is 15.5. The first-order valence-electron chi connectivity index (χ1n) is 16.4. The van der Waals surface area contributed by atoms with Crippen molar-refractivity contribution in [2.45, 2.75) is 110 Å². The van der Waals surface area contributed by atoms with Crippen LogP contribution in [0.2, 0.25) is 0 Å². The minimum atomic E-state index is -4.19. The molecule has 0 aromatic rings. The lowest BCUT2D eigenvalue weighted by Crippen LogP contribution is -2.53. The molecule has 8 heteroatoms. The van der Waals surface area contributed by atoms with E-state index in [2.05, 4.69) is 26.1 Å². The van der Waals surface area contributed by atoms with Crippen molar-refractivity contribution in [2.24, 2.45) is 46.3 Å². The van der Waals surface area contributed by atoms with Gasteiger partial charge in [0.1, 0.15) is 18.4 Å². The Bertz CT molecular complexity index is 986. The Labute approximate surface area is 244 Å². The molecule has 0 aliphatic heterocycles. The third-order valence-electron chi connectivity index (χ3n) is 12.5. The van der Waals surface area contributed by atoms with Gasteiger partial charge >= 0.3 is 0 Å². The van der Waals surface area contributed by atoms with Crippen LogP contribution in [0, 0.1) is 46.3 Å². The second kappa shape index (κ2) is 12.5. The Morgan fingerprint density at radius 2 is 1.73 bits per heavy atom. The number of aliphatic hydroxyl groups is 1. The molecule has 3 N–H and O–H groups in total. The summed E-state index contributed by atoms with van der Waals surface area (Å²) in [6, 6.07) is 0. The topological polar surface area (TPSA) is 104 Å². The van der Waals surface area contributed by atoms with Crippen molar-refractivity contribution in [3.63, 3.8) is 0 Å². The van der Waals surface area contributed by atoms with E-state index in [9.17, 15) is 18.3 Å². The van der Waals surface area contributed by atoms with Gasteiger partial charge < -0.3 is 14.9 Å². The SMILES string of the molecule is C[C@H](CCC(=O)NCCC[N+](C)(C)C[C@@H](O)CS(=O)(=O)O)[C@H]1CC[C@H]2[C@@H]3CC[C@@H]4CCCC[C@]4(C)[C@H]3CC[C@]12C. The minimum absolute atomic E-state index is 0.121. The lowest BCUT2D eigenvalue weighted by Gasteiger charge is -2.61. The summed E-state index contributed by atoms with van der Waals surface area (Å²) in [5, 5.41) is 13.0. The molecule has 232 valence electrons. The van der Waals surface area contributed by atoms with Crippen LogP contribution in [-0.4, -0.2) is 74.1 Å². The molecular weight excluding hydrogens is 524 g/mol. The first kappa shape index (κ1) is 32.2. The third kappa shape index (κ3) is 7.26. The number of nitrogens with zero attached hydrogens (tertiary/aromatic N) is 1. The maximum absolute atomic E-state index is 12.7. The number of likely N-dealkylation sites (N-methyl/N-ethyl adjacent to an activating group) is 1. The quantitative estimate of drug-likeness (QED) is 0.165. The summed E-state index contributed by atoms with van der Waals surface area (Å²) < 4.78 is 31.4. The molecule has 0 aromatic heterocycles. The second-order valence-corrected chi connectivity index (χ2v) is 17.1. The van der Waals surface area contributed by atoms with Gasteiger partial charge in [-0.15, -0.1) is 0 Å². The average Bonchev–Trinajstić information content (AvgIpc) is 3.20. The molecule has 4 rings (SSSR count). The monoisotopic (exact) mass is 583 g/mol. The van der Waals surface area contributed by atoms with Crippen molar-refractivity contribution in [3.05, 3.63) is 0 Å². The number of aliphatic hydroxyl groups excluding tert-OH is 1. The number of hydrogen-bond donors (Lipinski definition) is 3. The van der Waals surface area contributed by atoms with Crippen LogP contribution in [0.5, 0.6) is 0 Å². The second-order valence-electron chi connectivity index (χ2n) is 15.6. The van der Waals surface area contributed by atoms with Crippen LogP contribution in [0.1, 0.15) is 104 Å². The number of carbonyl (C=O) groups is 1. The Kier molecular flexibility index (Phi) is 10.1. The molecule has 0 heterocycles. The van der Waals surface area contributed by atoms with Gasteiger partial charge in [0.15, 0.2) is 0 Å². The number of carbonyl (C=O) groups excluding carboxylic acids is 1. The zero-order chi connectivity index (χ0) is 29.3. The van der Waals surface area contributed by atoms with Crippen molar-refractivity contribution in [1.82, 2.24) is 5.32 Å². The highest BCUT2D eigenvalue weighted by Crippen LogP contribution is 2.68. The van der Waals surface area contributed by atoms with E-state index in [-0.39, 0.29) is 12.5 Å². The first-order chi connectivity index (χ1) is 18.6. The van der Waals surface area contributed by atoms with E-state index in [1.807, 2.05) is 14.1 Å². The van der Waals surface area contributed by atoms with Gasteiger partial charge in [-0.1, -0.05) is 33.6 Å². The van der Waals surface area contributed by atoms with Crippen molar-refractivity contribution in [2.75, 3.05) is 39.5 Å². The molecule has 4 fully saturated rings. The Balaban J connectivity index is 1.20. The van der Waals surface area contributed by atoms with Gasteiger partial charge in [-0.05, 0) is 104 Å². The van der Waals surface area contributed by atoms with Crippen LogP contribution in [0.4, 0.5) is 0 Å². The molecule has 1 amide bonds. The lowest BCUT2D eigenvalue weighted by molar-refractivity contribution is -0.893. The molecular formula is C32H59N2O5S+. The molecule has 40 heavy (non-hydrogen) atoms. The smallest absolute Gasteiger partial charge is 0.267 e. The highest BCUT2D eigenvalue weighted by molar-refractivity contribution is 7.85. The summed E-state index contributed by atoms with van der Waals surface area (Å²) in [4.78, 5) is 12.7. The van der Waals surface area contributed by atoms with E-state index in [1.54, 1.807) is 0 Å². The number of rotatable bonds is 12. The molecule has 0 radical (unpaired) electrons.